The van der Waals surface area contributed by atoms with Crippen molar-refractivity contribution in [3.8, 4) is 0 Å². The van der Waals surface area contributed by atoms with Crippen molar-refractivity contribution < 1.29 is 19.5 Å². The van der Waals surface area contributed by atoms with Crippen LogP contribution in [-0.4, -0.2) is 35.1 Å². The molecule has 0 saturated heterocycles. The van der Waals surface area contributed by atoms with Gasteiger partial charge in [-0.05, 0) is 31.6 Å². The number of carboxylic acids is 1. The first-order valence-electron chi connectivity index (χ1n) is 6.46. The molecule has 5 N–H and O–H groups in total. The van der Waals surface area contributed by atoms with E-state index in [1.807, 2.05) is 0 Å². The number of amides is 3. The van der Waals surface area contributed by atoms with Crippen molar-refractivity contribution in [3.63, 3.8) is 0 Å². The van der Waals surface area contributed by atoms with E-state index in [4.69, 9.17) is 10.8 Å². The molecule has 0 radical (unpaired) electrons. The summed E-state index contributed by atoms with van der Waals surface area (Å²) in [6, 6.07) is -1.50. The third-order valence-electron chi connectivity index (χ3n) is 3.31. The Labute approximate surface area is 111 Å². The highest BCUT2D eigenvalue weighted by Gasteiger charge is 2.25. The van der Waals surface area contributed by atoms with Crippen molar-refractivity contribution >= 4 is 17.9 Å². The van der Waals surface area contributed by atoms with E-state index in [2.05, 4.69) is 17.6 Å². The smallest absolute Gasteiger partial charge is 0.326 e. The van der Waals surface area contributed by atoms with Gasteiger partial charge in [0.1, 0.15) is 6.04 Å². The average molecular weight is 271 g/mol. The summed E-state index contributed by atoms with van der Waals surface area (Å²) in [5.41, 5.74) is 4.96. The molecule has 0 aliphatic heterocycles. The van der Waals surface area contributed by atoms with Gasteiger partial charge in [0, 0.05) is 12.5 Å². The van der Waals surface area contributed by atoms with Crippen molar-refractivity contribution in [2.75, 3.05) is 0 Å². The van der Waals surface area contributed by atoms with Gasteiger partial charge >= 0.3 is 12.0 Å². The van der Waals surface area contributed by atoms with E-state index in [9.17, 15) is 14.4 Å². The predicted molar refractivity (Wildman–Crippen MR) is 68.3 cm³/mol. The monoisotopic (exact) mass is 271 g/mol. The molecule has 3 amide bonds. The highest BCUT2D eigenvalue weighted by atomic mass is 16.4. The van der Waals surface area contributed by atoms with Crippen LogP contribution in [0.5, 0.6) is 0 Å². The van der Waals surface area contributed by atoms with E-state index in [-0.39, 0.29) is 18.9 Å². The SMILES string of the molecule is CC1CCC(NC(=O)N[C@H](CCC(N)=O)C(=O)O)C1. The van der Waals surface area contributed by atoms with E-state index < -0.39 is 23.9 Å². The molecule has 1 aliphatic rings. The van der Waals surface area contributed by atoms with Crippen LogP contribution in [0.3, 0.4) is 0 Å². The van der Waals surface area contributed by atoms with Crippen LogP contribution in [0.25, 0.3) is 0 Å². The fraction of sp³-hybridized carbons (Fsp3) is 0.750. The normalized spacial score (nSPS) is 23.6. The maximum absolute atomic E-state index is 11.7. The number of carbonyl (C=O) groups is 3. The van der Waals surface area contributed by atoms with Crippen LogP contribution in [0.2, 0.25) is 0 Å². The fourth-order valence-corrected chi connectivity index (χ4v) is 2.27. The lowest BCUT2D eigenvalue weighted by Gasteiger charge is -2.17. The van der Waals surface area contributed by atoms with Crippen LogP contribution in [0.15, 0.2) is 0 Å². The second-order valence-corrected chi connectivity index (χ2v) is 5.13. The Hall–Kier alpha value is -1.79. The predicted octanol–water partition coefficient (Wildman–Crippen LogP) is 0.193. The van der Waals surface area contributed by atoms with Crippen LogP contribution in [0, 0.1) is 5.92 Å². The van der Waals surface area contributed by atoms with Gasteiger partial charge < -0.3 is 21.5 Å². The Morgan fingerprint density at radius 3 is 2.53 bits per heavy atom. The number of rotatable bonds is 6. The van der Waals surface area contributed by atoms with Gasteiger partial charge in [0.05, 0.1) is 0 Å². The summed E-state index contributed by atoms with van der Waals surface area (Å²) >= 11 is 0. The average Bonchev–Trinajstić information content (AvgIpc) is 2.69. The van der Waals surface area contributed by atoms with E-state index in [1.165, 1.54) is 0 Å². The van der Waals surface area contributed by atoms with Gasteiger partial charge in [-0.25, -0.2) is 9.59 Å². The number of carbonyl (C=O) groups excluding carboxylic acids is 2. The Balaban J connectivity index is 2.38. The largest absolute Gasteiger partial charge is 0.480 e. The summed E-state index contributed by atoms with van der Waals surface area (Å²) in [5.74, 6) is -1.18. The standard InChI is InChI=1S/C12H21N3O4/c1-7-2-3-8(6-7)14-12(19)15-9(11(17)18)4-5-10(13)16/h7-9H,2-6H2,1H3,(H2,13,16)(H,17,18)(H2,14,15,19)/t7?,8?,9-/m1/s1. The molecule has 1 saturated carbocycles. The van der Waals surface area contributed by atoms with Crippen molar-refractivity contribution in [1.29, 1.82) is 0 Å². The first-order valence-corrected chi connectivity index (χ1v) is 6.46. The summed E-state index contributed by atoms with van der Waals surface area (Å²) in [6.45, 7) is 2.12. The number of carboxylic acid groups (broad SMARTS) is 1. The van der Waals surface area contributed by atoms with Crippen LogP contribution in [-0.2, 0) is 9.59 Å². The van der Waals surface area contributed by atoms with Crippen molar-refractivity contribution in [2.45, 2.75) is 51.1 Å². The zero-order valence-corrected chi connectivity index (χ0v) is 11.0. The van der Waals surface area contributed by atoms with Crippen molar-refractivity contribution in [1.82, 2.24) is 10.6 Å². The maximum Gasteiger partial charge on any atom is 0.326 e. The van der Waals surface area contributed by atoms with Gasteiger partial charge in [0.2, 0.25) is 5.91 Å². The van der Waals surface area contributed by atoms with Gasteiger partial charge in [-0.1, -0.05) is 6.92 Å². The molecule has 1 fully saturated rings. The lowest BCUT2D eigenvalue weighted by atomic mass is 10.1. The van der Waals surface area contributed by atoms with Crippen LogP contribution < -0.4 is 16.4 Å². The summed E-state index contributed by atoms with van der Waals surface area (Å²) in [5, 5.41) is 14.1. The van der Waals surface area contributed by atoms with Gasteiger partial charge in [0.25, 0.3) is 0 Å². The van der Waals surface area contributed by atoms with Gasteiger partial charge in [-0.15, -0.1) is 0 Å². The molecular formula is C12H21N3O4. The first kappa shape index (κ1) is 15.3. The van der Waals surface area contributed by atoms with E-state index >= 15 is 0 Å². The second-order valence-electron chi connectivity index (χ2n) is 5.13. The number of primary amides is 1. The Kier molecular flexibility index (Phi) is 5.59. The minimum Gasteiger partial charge on any atom is -0.480 e. The molecule has 1 rings (SSSR count). The maximum atomic E-state index is 11.7. The van der Waals surface area contributed by atoms with Gasteiger partial charge in [-0.2, -0.15) is 0 Å². The van der Waals surface area contributed by atoms with Gasteiger partial charge in [0.15, 0.2) is 0 Å². The van der Waals surface area contributed by atoms with E-state index in [0.29, 0.717) is 5.92 Å². The summed E-state index contributed by atoms with van der Waals surface area (Å²) < 4.78 is 0. The number of nitrogens with two attached hydrogens (primary N) is 1. The third kappa shape index (κ3) is 5.58. The number of aliphatic carboxylic acids is 1. The van der Waals surface area contributed by atoms with Crippen LogP contribution >= 0.6 is 0 Å². The Morgan fingerprint density at radius 2 is 2.05 bits per heavy atom. The van der Waals surface area contributed by atoms with Crippen LogP contribution in [0.1, 0.15) is 39.0 Å². The quantitative estimate of drug-likeness (QED) is 0.551. The summed E-state index contributed by atoms with van der Waals surface area (Å²) in [4.78, 5) is 33.2. The fourth-order valence-electron chi connectivity index (χ4n) is 2.27. The molecule has 0 aromatic carbocycles. The Bertz CT molecular complexity index is 359. The number of nitrogens with one attached hydrogen (secondary N) is 2. The molecule has 2 unspecified atom stereocenters. The Morgan fingerprint density at radius 1 is 1.37 bits per heavy atom. The molecule has 0 spiro atoms. The van der Waals surface area contributed by atoms with Crippen molar-refractivity contribution in [2.24, 2.45) is 11.7 Å². The second kappa shape index (κ2) is 6.96. The zero-order chi connectivity index (χ0) is 14.4. The third-order valence-corrected chi connectivity index (χ3v) is 3.31. The molecule has 0 aromatic heterocycles. The molecule has 19 heavy (non-hydrogen) atoms. The molecule has 1 aliphatic carbocycles. The molecule has 7 nitrogen and oxygen atoms in total. The molecule has 3 atom stereocenters. The van der Waals surface area contributed by atoms with E-state index in [1.54, 1.807) is 0 Å². The summed E-state index contributed by atoms with van der Waals surface area (Å²) in [6.07, 6.45) is 2.81. The minimum atomic E-state index is -1.17. The molecule has 0 aromatic rings. The zero-order valence-electron chi connectivity index (χ0n) is 11.0. The molecule has 7 heteroatoms. The minimum absolute atomic E-state index is 0.000837. The molecule has 0 bridgehead atoms. The van der Waals surface area contributed by atoms with Crippen LogP contribution in [0.4, 0.5) is 4.79 Å². The number of hydrogen-bond acceptors (Lipinski definition) is 3. The molecule has 0 heterocycles. The number of urea groups is 1. The van der Waals surface area contributed by atoms with Gasteiger partial charge in [-0.3, -0.25) is 4.79 Å². The molecule has 108 valence electrons. The highest BCUT2D eigenvalue weighted by Crippen LogP contribution is 2.24. The first-order chi connectivity index (χ1) is 8.88. The lowest BCUT2D eigenvalue weighted by Crippen LogP contribution is -2.48. The highest BCUT2D eigenvalue weighted by molar-refractivity contribution is 5.83. The van der Waals surface area contributed by atoms with E-state index in [0.717, 1.165) is 19.3 Å². The number of hydrogen-bond donors (Lipinski definition) is 4. The van der Waals surface area contributed by atoms with Crippen molar-refractivity contribution in [3.05, 3.63) is 0 Å². The lowest BCUT2D eigenvalue weighted by molar-refractivity contribution is -0.139. The topological polar surface area (TPSA) is 122 Å². The molecular weight excluding hydrogens is 250 g/mol. The summed E-state index contributed by atoms with van der Waals surface area (Å²) in [7, 11) is 0.